The molecule has 1 aliphatic rings. The fourth-order valence-electron chi connectivity index (χ4n) is 2.61. The van der Waals surface area contributed by atoms with Crippen molar-refractivity contribution < 1.29 is 9.53 Å². The van der Waals surface area contributed by atoms with Crippen LogP contribution in [0.2, 0.25) is 5.02 Å². The average molecular weight is 311 g/mol. The summed E-state index contributed by atoms with van der Waals surface area (Å²) in [5.74, 6) is 0. The van der Waals surface area contributed by atoms with E-state index in [0.717, 1.165) is 31.2 Å². The summed E-state index contributed by atoms with van der Waals surface area (Å²) in [6.07, 6.45) is 5.99. The molecule has 0 bridgehead atoms. The summed E-state index contributed by atoms with van der Waals surface area (Å²) in [5.41, 5.74) is 7.54. The lowest BCUT2D eigenvalue weighted by Gasteiger charge is -2.27. The molecule has 0 aromatic heterocycles. The number of carbonyl (C=O) groups excluding carboxylic acids is 1. The molecule has 21 heavy (non-hydrogen) atoms. The number of carbonyl (C=O) groups is 1. The Balaban J connectivity index is 1.85. The molecule has 1 aromatic carbocycles. The topological polar surface area (TPSA) is 64.3 Å². The van der Waals surface area contributed by atoms with Gasteiger partial charge in [0.25, 0.3) is 0 Å². The SMILES string of the molecule is Cc1ccc(NC(=O)OCC2(N)CCCCCC2)cc1Cl. The van der Waals surface area contributed by atoms with Gasteiger partial charge in [0.1, 0.15) is 6.61 Å². The van der Waals surface area contributed by atoms with Crippen LogP contribution in [0.25, 0.3) is 0 Å². The molecule has 0 heterocycles. The maximum atomic E-state index is 11.8. The molecule has 0 unspecified atom stereocenters. The van der Waals surface area contributed by atoms with Crippen LogP contribution in [0.4, 0.5) is 10.5 Å². The summed E-state index contributed by atoms with van der Waals surface area (Å²) in [6, 6.07) is 5.36. The molecule has 0 spiro atoms. The fourth-order valence-corrected chi connectivity index (χ4v) is 2.79. The molecule has 3 N–H and O–H groups in total. The minimum absolute atomic E-state index is 0.262. The summed E-state index contributed by atoms with van der Waals surface area (Å²) in [6.45, 7) is 2.17. The Labute approximate surface area is 131 Å². The lowest BCUT2D eigenvalue weighted by Crippen LogP contribution is -2.45. The third-order valence-corrected chi connectivity index (χ3v) is 4.42. The predicted octanol–water partition coefficient (Wildman–Crippen LogP) is 4.25. The highest BCUT2D eigenvalue weighted by atomic mass is 35.5. The van der Waals surface area contributed by atoms with Crippen LogP contribution in [0.1, 0.15) is 44.1 Å². The number of nitrogens with one attached hydrogen (secondary N) is 1. The van der Waals surface area contributed by atoms with Crippen molar-refractivity contribution in [3.63, 3.8) is 0 Å². The molecule has 2 rings (SSSR count). The van der Waals surface area contributed by atoms with Crippen LogP contribution in [-0.2, 0) is 4.74 Å². The second-order valence-electron chi connectivity index (χ2n) is 5.94. The Morgan fingerprint density at radius 1 is 1.33 bits per heavy atom. The Morgan fingerprint density at radius 2 is 2.00 bits per heavy atom. The summed E-state index contributed by atoms with van der Waals surface area (Å²) in [5, 5.41) is 3.30. The first-order chi connectivity index (χ1) is 9.98. The lowest BCUT2D eigenvalue weighted by molar-refractivity contribution is 0.122. The molecule has 116 valence electrons. The highest BCUT2D eigenvalue weighted by Crippen LogP contribution is 2.25. The number of rotatable bonds is 3. The highest BCUT2D eigenvalue weighted by Gasteiger charge is 2.27. The van der Waals surface area contributed by atoms with E-state index in [9.17, 15) is 4.79 Å². The number of benzene rings is 1. The Kier molecular flexibility index (Phi) is 5.48. The number of hydrogen-bond acceptors (Lipinski definition) is 3. The van der Waals surface area contributed by atoms with Crippen molar-refractivity contribution in [1.29, 1.82) is 0 Å². The van der Waals surface area contributed by atoms with Gasteiger partial charge >= 0.3 is 6.09 Å². The van der Waals surface area contributed by atoms with Crippen LogP contribution in [0, 0.1) is 6.92 Å². The van der Waals surface area contributed by atoms with Gasteiger partial charge < -0.3 is 10.5 Å². The van der Waals surface area contributed by atoms with Crippen molar-refractivity contribution in [2.75, 3.05) is 11.9 Å². The summed E-state index contributed by atoms with van der Waals surface area (Å²) < 4.78 is 5.30. The number of aryl methyl sites for hydroxylation is 1. The van der Waals surface area contributed by atoms with Crippen LogP contribution in [0.5, 0.6) is 0 Å². The van der Waals surface area contributed by atoms with Gasteiger partial charge in [-0.1, -0.05) is 43.4 Å². The van der Waals surface area contributed by atoms with E-state index in [2.05, 4.69) is 5.32 Å². The van der Waals surface area contributed by atoms with Gasteiger partial charge in [-0.3, -0.25) is 5.32 Å². The molecular formula is C16H23ClN2O2. The van der Waals surface area contributed by atoms with Gasteiger partial charge in [-0.2, -0.15) is 0 Å². The van der Waals surface area contributed by atoms with Crippen molar-refractivity contribution >= 4 is 23.4 Å². The van der Waals surface area contributed by atoms with Crippen LogP contribution in [-0.4, -0.2) is 18.2 Å². The number of anilines is 1. The van der Waals surface area contributed by atoms with E-state index in [0.29, 0.717) is 10.7 Å². The van der Waals surface area contributed by atoms with Crippen LogP contribution in [0.15, 0.2) is 18.2 Å². The standard InChI is InChI=1S/C16H23ClN2O2/c1-12-6-7-13(10-14(12)17)19-15(20)21-11-16(18)8-4-2-3-5-9-16/h6-7,10H,2-5,8-9,11,18H2,1H3,(H,19,20). The van der Waals surface area contributed by atoms with Crippen molar-refractivity contribution in [1.82, 2.24) is 0 Å². The van der Waals surface area contributed by atoms with Gasteiger partial charge in [0, 0.05) is 10.7 Å². The highest BCUT2D eigenvalue weighted by molar-refractivity contribution is 6.31. The summed E-state index contributed by atoms with van der Waals surface area (Å²) in [7, 11) is 0. The predicted molar refractivity (Wildman–Crippen MR) is 85.8 cm³/mol. The first-order valence-corrected chi connectivity index (χ1v) is 7.85. The Morgan fingerprint density at radius 3 is 2.62 bits per heavy atom. The monoisotopic (exact) mass is 310 g/mol. The molecule has 0 saturated heterocycles. The van der Waals surface area contributed by atoms with E-state index in [1.54, 1.807) is 12.1 Å². The number of amides is 1. The maximum Gasteiger partial charge on any atom is 0.411 e. The van der Waals surface area contributed by atoms with Crippen molar-refractivity contribution in [2.24, 2.45) is 5.73 Å². The minimum Gasteiger partial charge on any atom is -0.447 e. The maximum absolute atomic E-state index is 11.8. The molecule has 1 saturated carbocycles. The van der Waals surface area contributed by atoms with Gasteiger partial charge in [-0.25, -0.2) is 4.79 Å². The van der Waals surface area contributed by atoms with Gasteiger partial charge in [-0.15, -0.1) is 0 Å². The molecule has 1 fully saturated rings. The zero-order valence-corrected chi connectivity index (χ0v) is 13.2. The second kappa shape index (κ2) is 7.14. The van der Waals surface area contributed by atoms with Gasteiger partial charge in [0.15, 0.2) is 0 Å². The minimum atomic E-state index is -0.482. The summed E-state index contributed by atoms with van der Waals surface area (Å²) in [4.78, 5) is 11.8. The number of nitrogens with two attached hydrogens (primary N) is 1. The molecule has 5 heteroatoms. The number of hydrogen-bond donors (Lipinski definition) is 2. The van der Waals surface area contributed by atoms with E-state index < -0.39 is 6.09 Å². The van der Waals surface area contributed by atoms with E-state index in [1.807, 2.05) is 13.0 Å². The average Bonchev–Trinajstić information content (AvgIpc) is 2.66. The smallest absolute Gasteiger partial charge is 0.411 e. The molecular weight excluding hydrogens is 288 g/mol. The normalized spacial score (nSPS) is 17.9. The first kappa shape index (κ1) is 16.1. The molecule has 4 nitrogen and oxygen atoms in total. The van der Waals surface area contributed by atoms with Gasteiger partial charge in [0.2, 0.25) is 0 Å². The van der Waals surface area contributed by atoms with Crippen molar-refractivity contribution in [3.8, 4) is 0 Å². The van der Waals surface area contributed by atoms with Crippen LogP contribution < -0.4 is 11.1 Å². The molecule has 0 radical (unpaired) electrons. The largest absolute Gasteiger partial charge is 0.447 e. The number of halogens is 1. The molecule has 1 aromatic rings. The molecule has 0 atom stereocenters. The third kappa shape index (κ3) is 4.90. The first-order valence-electron chi connectivity index (χ1n) is 7.47. The fraction of sp³-hybridized carbons (Fsp3) is 0.562. The van der Waals surface area contributed by atoms with Crippen LogP contribution >= 0.6 is 11.6 Å². The lowest BCUT2D eigenvalue weighted by atomic mass is 9.93. The molecule has 0 aliphatic heterocycles. The van der Waals surface area contributed by atoms with Crippen molar-refractivity contribution in [2.45, 2.75) is 51.0 Å². The number of ether oxygens (including phenoxy) is 1. The second-order valence-corrected chi connectivity index (χ2v) is 6.35. The van der Waals surface area contributed by atoms with E-state index in [4.69, 9.17) is 22.1 Å². The summed E-state index contributed by atoms with van der Waals surface area (Å²) >= 11 is 6.02. The molecule has 1 amide bonds. The van der Waals surface area contributed by atoms with Gasteiger partial charge in [0.05, 0.1) is 5.54 Å². The Hall–Kier alpha value is -1.26. The molecule has 1 aliphatic carbocycles. The Bertz CT molecular complexity index is 497. The van der Waals surface area contributed by atoms with E-state index >= 15 is 0 Å². The third-order valence-electron chi connectivity index (χ3n) is 4.01. The van der Waals surface area contributed by atoms with E-state index in [-0.39, 0.29) is 12.1 Å². The van der Waals surface area contributed by atoms with E-state index in [1.165, 1.54) is 12.8 Å². The zero-order valence-electron chi connectivity index (χ0n) is 12.5. The van der Waals surface area contributed by atoms with Crippen LogP contribution in [0.3, 0.4) is 0 Å². The quantitative estimate of drug-likeness (QED) is 0.820. The zero-order chi connectivity index (χ0) is 15.3. The van der Waals surface area contributed by atoms with Gasteiger partial charge in [-0.05, 0) is 37.5 Å². The van der Waals surface area contributed by atoms with Crippen molar-refractivity contribution in [3.05, 3.63) is 28.8 Å².